The zero-order valence-corrected chi connectivity index (χ0v) is 14.5. The molecule has 128 valence electrons. The van der Waals surface area contributed by atoms with Gasteiger partial charge in [0, 0.05) is 19.3 Å². The summed E-state index contributed by atoms with van der Waals surface area (Å²) in [6.45, 7) is 3.78. The summed E-state index contributed by atoms with van der Waals surface area (Å²) in [6.07, 6.45) is 2.18. The minimum atomic E-state index is 0.0575. The summed E-state index contributed by atoms with van der Waals surface area (Å²) in [6, 6.07) is 17.7. The summed E-state index contributed by atoms with van der Waals surface area (Å²) < 4.78 is 5.63. The lowest BCUT2D eigenvalue weighted by atomic mass is 10.2. The number of rotatable bonds is 9. The first-order valence-electron chi connectivity index (χ1n) is 8.43. The number of hydrogen-bond donors (Lipinski definition) is 1. The molecule has 1 amide bonds. The highest BCUT2D eigenvalue weighted by molar-refractivity contribution is 5.80. The molecular formula is C20H26N2O2. The molecule has 0 aliphatic carbocycles. The van der Waals surface area contributed by atoms with Crippen molar-refractivity contribution in [2.45, 2.75) is 26.3 Å². The van der Waals surface area contributed by atoms with Crippen LogP contribution in [-0.2, 0) is 11.3 Å². The molecule has 0 heterocycles. The SMILES string of the molecule is CCCCOc1ccc(NCC(=O)N(C)Cc2ccccc2)cc1. The molecule has 0 unspecified atom stereocenters. The summed E-state index contributed by atoms with van der Waals surface area (Å²) in [5.41, 5.74) is 2.04. The van der Waals surface area contributed by atoms with Gasteiger partial charge in [-0.2, -0.15) is 0 Å². The van der Waals surface area contributed by atoms with E-state index in [1.165, 1.54) is 0 Å². The Labute approximate surface area is 144 Å². The highest BCUT2D eigenvalue weighted by Gasteiger charge is 2.08. The van der Waals surface area contributed by atoms with Gasteiger partial charge in [0.2, 0.25) is 5.91 Å². The molecule has 0 saturated carbocycles. The van der Waals surface area contributed by atoms with Gasteiger partial charge in [-0.25, -0.2) is 0 Å². The first-order valence-corrected chi connectivity index (χ1v) is 8.43. The molecule has 0 aromatic heterocycles. The van der Waals surface area contributed by atoms with E-state index in [1.54, 1.807) is 4.90 Å². The number of nitrogens with one attached hydrogen (secondary N) is 1. The fourth-order valence-electron chi connectivity index (χ4n) is 2.26. The van der Waals surface area contributed by atoms with Crippen molar-refractivity contribution in [1.82, 2.24) is 4.90 Å². The monoisotopic (exact) mass is 326 g/mol. The standard InChI is InChI=1S/C20H26N2O2/c1-3-4-14-24-19-12-10-18(11-13-19)21-15-20(23)22(2)16-17-8-6-5-7-9-17/h5-13,21H,3-4,14-16H2,1-2H3. The molecule has 2 aromatic carbocycles. The van der Waals surface area contributed by atoms with Gasteiger partial charge in [-0.15, -0.1) is 0 Å². The largest absolute Gasteiger partial charge is 0.494 e. The van der Waals surface area contributed by atoms with Crippen LogP contribution in [0.15, 0.2) is 54.6 Å². The van der Waals surface area contributed by atoms with Crippen LogP contribution in [-0.4, -0.2) is 31.0 Å². The topological polar surface area (TPSA) is 41.6 Å². The number of likely N-dealkylation sites (N-methyl/N-ethyl adjacent to an activating group) is 1. The summed E-state index contributed by atoms with van der Waals surface area (Å²) in [4.78, 5) is 13.9. The lowest BCUT2D eigenvalue weighted by molar-refractivity contribution is -0.128. The quantitative estimate of drug-likeness (QED) is 0.710. The van der Waals surface area contributed by atoms with Crippen molar-refractivity contribution in [3.63, 3.8) is 0 Å². The van der Waals surface area contributed by atoms with Crippen molar-refractivity contribution in [2.75, 3.05) is 25.5 Å². The third kappa shape index (κ3) is 5.95. The molecule has 0 spiro atoms. The molecule has 0 atom stereocenters. The smallest absolute Gasteiger partial charge is 0.241 e. The van der Waals surface area contributed by atoms with Gasteiger partial charge >= 0.3 is 0 Å². The number of unbranched alkanes of at least 4 members (excludes halogenated alkanes) is 1. The number of anilines is 1. The van der Waals surface area contributed by atoms with Crippen LogP contribution in [0, 0.1) is 0 Å². The predicted octanol–water partition coefficient (Wildman–Crippen LogP) is 3.94. The van der Waals surface area contributed by atoms with Gasteiger partial charge in [-0.1, -0.05) is 43.7 Å². The molecule has 2 rings (SSSR count). The van der Waals surface area contributed by atoms with E-state index in [-0.39, 0.29) is 12.5 Å². The molecule has 0 bridgehead atoms. The van der Waals surface area contributed by atoms with Crippen LogP contribution in [0.4, 0.5) is 5.69 Å². The van der Waals surface area contributed by atoms with Gasteiger partial charge in [0.05, 0.1) is 13.2 Å². The van der Waals surface area contributed by atoms with Crippen molar-refractivity contribution in [3.05, 3.63) is 60.2 Å². The van der Waals surface area contributed by atoms with E-state index < -0.39 is 0 Å². The van der Waals surface area contributed by atoms with Gasteiger partial charge in [-0.3, -0.25) is 4.79 Å². The Balaban J connectivity index is 1.76. The normalized spacial score (nSPS) is 10.2. The molecule has 2 aromatic rings. The lowest BCUT2D eigenvalue weighted by Crippen LogP contribution is -2.31. The van der Waals surface area contributed by atoms with Crippen molar-refractivity contribution < 1.29 is 9.53 Å². The molecule has 4 heteroatoms. The maximum atomic E-state index is 12.2. The van der Waals surface area contributed by atoms with E-state index in [0.717, 1.165) is 36.4 Å². The number of benzene rings is 2. The number of amides is 1. The minimum absolute atomic E-state index is 0.0575. The van der Waals surface area contributed by atoms with Crippen molar-refractivity contribution in [2.24, 2.45) is 0 Å². The van der Waals surface area contributed by atoms with Gasteiger partial charge in [-0.05, 0) is 36.2 Å². The number of ether oxygens (including phenoxy) is 1. The van der Waals surface area contributed by atoms with E-state index in [4.69, 9.17) is 4.74 Å². The second-order valence-electron chi connectivity index (χ2n) is 5.82. The average molecular weight is 326 g/mol. The molecule has 4 nitrogen and oxygen atoms in total. The van der Waals surface area contributed by atoms with E-state index in [1.807, 2.05) is 61.6 Å². The maximum Gasteiger partial charge on any atom is 0.241 e. The molecule has 0 saturated heterocycles. The molecule has 24 heavy (non-hydrogen) atoms. The van der Waals surface area contributed by atoms with Gasteiger partial charge in [0.1, 0.15) is 5.75 Å². The second kappa shape index (κ2) is 9.60. The van der Waals surface area contributed by atoms with E-state index in [0.29, 0.717) is 6.54 Å². The highest BCUT2D eigenvalue weighted by atomic mass is 16.5. The van der Waals surface area contributed by atoms with Crippen molar-refractivity contribution in [1.29, 1.82) is 0 Å². The van der Waals surface area contributed by atoms with Crippen LogP contribution >= 0.6 is 0 Å². The fraction of sp³-hybridized carbons (Fsp3) is 0.350. The summed E-state index contributed by atoms with van der Waals surface area (Å²) in [5.74, 6) is 0.920. The first kappa shape index (κ1) is 17.9. The molecule has 0 aliphatic heterocycles. The van der Waals surface area contributed by atoms with Gasteiger partial charge in [0.15, 0.2) is 0 Å². The molecule has 1 N–H and O–H groups in total. The average Bonchev–Trinajstić information content (AvgIpc) is 2.62. The zero-order chi connectivity index (χ0) is 17.2. The van der Waals surface area contributed by atoms with E-state index >= 15 is 0 Å². The molecular weight excluding hydrogens is 300 g/mol. The Morgan fingerprint density at radius 3 is 2.46 bits per heavy atom. The Kier molecular flexibility index (Phi) is 7.15. The van der Waals surface area contributed by atoms with Crippen LogP contribution in [0.2, 0.25) is 0 Å². The van der Waals surface area contributed by atoms with Crippen LogP contribution in [0.3, 0.4) is 0 Å². The summed E-state index contributed by atoms with van der Waals surface area (Å²) in [7, 11) is 1.82. The third-order valence-electron chi connectivity index (χ3n) is 3.75. The number of hydrogen-bond acceptors (Lipinski definition) is 3. The maximum absolute atomic E-state index is 12.2. The lowest BCUT2D eigenvalue weighted by Gasteiger charge is -2.18. The van der Waals surface area contributed by atoms with E-state index in [2.05, 4.69) is 12.2 Å². The predicted molar refractivity (Wildman–Crippen MR) is 98.3 cm³/mol. The highest BCUT2D eigenvalue weighted by Crippen LogP contribution is 2.16. The zero-order valence-electron chi connectivity index (χ0n) is 14.5. The van der Waals surface area contributed by atoms with Crippen molar-refractivity contribution in [3.8, 4) is 5.75 Å². The molecule has 0 fully saturated rings. The molecule has 0 radical (unpaired) electrons. The Morgan fingerprint density at radius 1 is 1.08 bits per heavy atom. The van der Waals surface area contributed by atoms with Crippen LogP contribution in [0.1, 0.15) is 25.3 Å². The minimum Gasteiger partial charge on any atom is -0.494 e. The fourth-order valence-corrected chi connectivity index (χ4v) is 2.26. The van der Waals surface area contributed by atoms with Crippen LogP contribution in [0.5, 0.6) is 5.75 Å². The van der Waals surface area contributed by atoms with Crippen molar-refractivity contribution >= 4 is 11.6 Å². The Bertz CT molecular complexity index is 611. The first-order chi connectivity index (χ1) is 11.7. The van der Waals surface area contributed by atoms with E-state index in [9.17, 15) is 4.79 Å². The molecule has 0 aliphatic rings. The Morgan fingerprint density at radius 2 is 1.79 bits per heavy atom. The summed E-state index contributed by atoms with van der Waals surface area (Å²) >= 11 is 0. The van der Waals surface area contributed by atoms with Gasteiger partial charge in [0.25, 0.3) is 0 Å². The van der Waals surface area contributed by atoms with Crippen LogP contribution in [0.25, 0.3) is 0 Å². The number of nitrogens with zero attached hydrogens (tertiary/aromatic N) is 1. The summed E-state index contributed by atoms with van der Waals surface area (Å²) in [5, 5.41) is 3.16. The third-order valence-corrected chi connectivity index (χ3v) is 3.75. The second-order valence-corrected chi connectivity index (χ2v) is 5.82. The number of carbonyl (C=O) groups excluding carboxylic acids is 1. The number of carbonyl (C=O) groups is 1. The van der Waals surface area contributed by atoms with Crippen LogP contribution < -0.4 is 10.1 Å². The van der Waals surface area contributed by atoms with Gasteiger partial charge < -0.3 is 15.0 Å². The Hall–Kier alpha value is -2.49.